The number of aliphatic carboxylic acids is 1. The van der Waals surface area contributed by atoms with E-state index in [4.69, 9.17) is 10.1 Å². The van der Waals surface area contributed by atoms with Crippen molar-refractivity contribution in [3.05, 3.63) is 12.3 Å². The van der Waals surface area contributed by atoms with Crippen molar-refractivity contribution in [3.63, 3.8) is 0 Å². The fourth-order valence-electron chi connectivity index (χ4n) is 2.87. The second-order valence-corrected chi connectivity index (χ2v) is 5.80. The third-order valence-corrected chi connectivity index (χ3v) is 4.07. The van der Waals surface area contributed by atoms with E-state index >= 15 is 0 Å². The molecule has 0 saturated carbocycles. The molecule has 1 aliphatic rings. The molecule has 0 aromatic carbocycles. The molecule has 1 fully saturated rings. The molecule has 1 aromatic rings. The summed E-state index contributed by atoms with van der Waals surface area (Å²) in [5, 5.41) is 9.08. The minimum Gasteiger partial charge on any atom is -0.481 e. The van der Waals surface area contributed by atoms with Gasteiger partial charge in [-0.2, -0.15) is 4.98 Å². The molecule has 1 saturated heterocycles. The van der Waals surface area contributed by atoms with Crippen LogP contribution < -0.4 is 9.80 Å². The maximum atomic E-state index is 11.0. The number of aromatic nitrogens is 2. The first-order valence-corrected chi connectivity index (χ1v) is 8.21. The minimum absolute atomic E-state index is 0.214. The van der Waals surface area contributed by atoms with Crippen LogP contribution in [0.2, 0.25) is 0 Å². The fraction of sp³-hybridized carbons (Fsp3) is 0.688. The van der Waals surface area contributed by atoms with Crippen molar-refractivity contribution in [2.45, 2.75) is 39.5 Å². The first kappa shape index (κ1) is 16.5. The van der Waals surface area contributed by atoms with Crippen LogP contribution in [-0.4, -0.2) is 47.2 Å². The molecule has 0 radical (unpaired) electrons. The molecule has 0 unspecified atom stereocenters. The van der Waals surface area contributed by atoms with Crippen LogP contribution in [0.3, 0.4) is 0 Å². The molecule has 122 valence electrons. The van der Waals surface area contributed by atoms with Gasteiger partial charge in [0.1, 0.15) is 5.82 Å². The van der Waals surface area contributed by atoms with Crippen molar-refractivity contribution in [3.8, 4) is 0 Å². The van der Waals surface area contributed by atoms with E-state index in [0.717, 1.165) is 50.8 Å². The molecule has 1 aromatic heterocycles. The van der Waals surface area contributed by atoms with Gasteiger partial charge in [0.05, 0.1) is 5.92 Å². The quantitative estimate of drug-likeness (QED) is 0.834. The SMILES string of the molecule is CCCN(CCC)c1nccc(N2CCC(C(=O)O)CC2)n1. The van der Waals surface area contributed by atoms with Gasteiger partial charge in [0.2, 0.25) is 5.95 Å². The topological polar surface area (TPSA) is 69.6 Å². The summed E-state index contributed by atoms with van der Waals surface area (Å²) in [5.74, 6) is 0.793. The summed E-state index contributed by atoms with van der Waals surface area (Å²) in [6.07, 6.45) is 5.30. The highest BCUT2D eigenvalue weighted by Gasteiger charge is 2.25. The Bertz CT molecular complexity index is 481. The maximum absolute atomic E-state index is 11.0. The summed E-state index contributed by atoms with van der Waals surface area (Å²) in [6, 6.07) is 1.92. The van der Waals surface area contributed by atoms with Crippen molar-refractivity contribution in [1.29, 1.82) is 0 Å². The average Bonchev–Trinajstić information content (AvgIpc) is 2.55. The Morgan fingerprint density at radius 2 is 1.95 bits per heavy atom. The molecule has 22 heavy (non-hydrogen) atoms. The van der Waals surface area contributed by atoms with Gasteiger partial charge in [-0.1, -0.05) is 13.8 Å². The van der Waals surface area contributed by atoms with E-state index in [-0.39, 0.29) is 5.92 Å². The van der Waals surface area contributed by atoms with Crippen molar-refractivity contribution in [1.82, 2.24) is 9.97 Å². The van der Waals surface area contributed by atoms with Gasteiger partial charge in [-0.25, -0.2) is 4.98 Å². The van der Waals surface area contributed by atoms with E-state index in [9.17, 15) is 4.79 Å². The van der Waals surface area contributed by atoms with Gasteiger partial charge >= 0.3 is 5.97 Å². The van der Waals surface area contributed by atoms with E-state index in [0.29, 0.717) is 12.8 Å². The van der Waals surface area contributed by atoms with E-state index < -0.39 is 5.97 Å². The Kier molecular flexibility index (Phi) is 5.98. The molecule has 0 aliphatic carbocycles. The first-order chi connectivity index (χ1) is 10.7. The summed E-state index contributed by atoms with van der Waals surface area (Å²) < 4.78 is 0. The highest BCUT2D eigenvalue weighted by molar-refractivity contribution is 5.70. The summed E-state index contributed by atoms with van der Waals surface area (Å²) in [5.41, 5.74) is 0. The Labute approximate surface area is 132 Å². The number of rotatable bonds is 7. The van der Waals surface area contributed by atoms with Crippen LogP contribution in [-0.2, 0) is 4.79 Å². The Hall–Kier alpha value is -1.85. The van der Waals surface area contributed by atoms with Crippen molar-refractivity contribution in [2.75, 3.05) is 36.0 Å². The van der Waals surface area contributed by atoms with E-state index in [1.54, 1.807) is 6.20 Å². The monoisotopic (exact) mass is 306 g/mol. The Morgan fingerprint density at radius 1 is 1.32 bits per heavy atom. The zero-order valence-electron chi connectivity index (χ0n) is 13.5. The molecule has 2 rings (SSSR count). The summed E-state index contributed by atoms with van der Waals surface area (Å²) in [6.45, 7) is 7.72. The van der Waals surface area contributed by atoms with Gasteiger partial charge in [-0.15, -0.1) is 0 Å². The number of hydrogen-bond acceptors (Lipinski definition) is 5. The molecule has 0 bridgehead atoms. The fourth-order valence-corrected chi connectivity index (χ4v) is 2.87. The Balaban J connectivity index is 2.06. The summed E-state index contributed by atoms with van der Waals surface area (Å²) >= 11 is 0. The number of piperidine rings is 1. The lowest BCUT2D eigenvalue weighted by Crippen LogP contribution is -2.37. The molecule has 0 amide bonds. The highest BCUT2D eigenvalue weighted by Crippen LogP contribution is 2.23. The van der Waals surface area contributed by atoms with Crippen molar-refractivity contribution < 1.29 is 9.90 Å². The lowest BCUT2D eigenvalue weighted by Gasteiger charge is -2.31. The van der Waals surface area contributed by atoms with Crippen LogP contribution in [0.1, 0.15) is 39.5 Å². The molecule has 0 atom stereocenters. The van der Waals surface area contributed by atoms with Gasteiger partial charge < -0.3 is 14.9 Å². The molecule has 1 N–H and O–H groups in total. The third-order valence-electron chi connectivity index (χ3n) is 4.07. The van der Waals surface area contributed by atoms with Crippen molar-refractivity contribution in [2.24, 2.45) is 5.92 Å². The number of hydrogen-bond donors (Lipinski definition) is 1. The van der Waals surface area contributed by atoms with Crippen LogP contribution in [0.4, 0.5) is 11.8 Å². The maximum Gasteiger partial charge on any atom is 0.306 e. The van der Waals surface area contributed by atoms with E-state index in [1.165, 1.54) is 0 Å². The second kappa shape index (κ2) is 7.96. The zero-order chi connectivity index (χ0) is 15.9. The number of anilines is 2. The number of nitrogens with zero attached hydrogens (tertiary/aromatic N) is 4. The highest BCUT2D eigenvalue weighted by atomic mass is 16.4. The standard InChI is InChI=1S/C16H26N4O2/c1-3-9-20(10-4-2)16-17-8-5-14(18-16)19-11-6-13(7-12-19)15(21)22/h5,8,13H,3-4,6-7,9-12H2,1-2H3,(H,21,22). The lowest BCUT2D eigenvalue weighted by atomic mass is 9.97. The molecule has 6 nitrogen and oxygen atoms in total. The lowest BCUT2D eigenvalue weighted by molar-refractivity contribution is -0.142. The first-order valence-electron chi connectivity index (χ1n) is 8.21. The van der Waals surface area contributed by atoms with Crippen LogP contribution in [0.5, 0.6) is 0 Å². The molecular formula is C16H26N4O2. The molecule has 2 heterocycles. The number of carbonyl (C=O) groups is 1. The second-order valence-electron chi connectivity index (χ2n) is 5.80. The zero-order valence-corrected chi connectivity index (χ0v) is 13.5. The number of carboxylic acids is 1. The van der Waals surface area contributed by atoms with Crippen LogP contribution in [0.15, 0.2) is 12.3 Å². The Morgan fingerprint density at radius 3 is 2.50 bits per heavy atom. The molecule has 6 heteroatoms. The molecule has 1 aliphatic heterocycles. The van der Waals surface area contributed by atoms with Gasteiger partial charge in [0, 0.05) is 32.4 Å². The predicted molar refractivity (Wildman–Crippen MR) is 87.4 cm³/mol. The van der Waals surface area contributed by atoms with Gasteiger partial charge in [0.15, 0.2) is 0 Å². The van der Waals surface area contributed by atoms with Gasteiger partial charge in [0.25, 0.3) is 0 Å². The van der Waals surface area contributed by atoms with Crippen molar-refractivity contribution >= 4 is 17.7 Å². The smallest absolute Gasteiger partial charge is 0.306 e. The normalized spacial score (nSPS) is 15.8. The van der Waals surface area contributed by atoms with E-state index in [1.807, 2.05) is 6.07 Å². The van der Waals surface area contributed by atoms with Crippen LogP contribution in [0.25, 0.3) is 0 Å². The summed E-state index contributed by atoms with van der Waals surface area (Å²) in [4.78, 5) is 24.5. The predicted octanol–water partition coefficient (Wildman–Crippen LogP) is 2.40. The third kappa shape index (κ3) is 4.08. The van der Waals surface area contributed by atoms with Crippen LogP contribution >= 0.6 is 0 Å². The number of carboxylic acid groups (broad SMARTS) is 1. The summed E-state index contributed by atoms with van der Waals surface area (Å²) in [7, 11) is 0. The van der Waals surface area contributed by atoms with E-state index in [2.05, 4.69) is 28.6 Å². The minimum atomic E-state index is -0.680. The average molecular weight is 306 g/mol. The van der Waals surface area contributed by atoms with Crippen LogP contribution in [0, 0.1) is 5.92 Å². The molecular weight excluding hydrogens is 280 g/mol. The van der Waals surface area contributed by atoms with Gasteiger partial charge in [-0.05, 0) is 31.7 Å². The largest absolute Gasteiger partial charge is 0.481 e. The molecule has 0 spiro atoms. The van der Waals surface area contributed by atoms with Gasteiger partial charge in [-0.3, -0.25) is 4.79 Å².